The summed E-state index contributed by atoms with van der Waals surface area (Å²) < 4.78 is 0. The zero-order valence-electron chi connectivity index (χ0n) is 10.5. The zero-order valence-corrected chi connectivity index (χ0v) is 10.5. The van der Waals surface area contributed by atoms with Crippen molar-refractivity contribution in [3.05, 3.63) is 0 Å². The highest BCUT2D eigenvalue weighted by Gasteiger charge is 2.62. The van der Waals surface area contributed by atoms with Crippen LogP contribution in [0, 0.1) is 16.7 Å². The molecule has 3 atom stereocenters. The van der Waals surface area contributed by atoms with Gasteiger partial charge < -0.3 is 10.2 Å². The second kappa shape index (κ2) is 2.93. The number of carbonyl (C=O) groups excluding carboxylic acids is 1. The minimum atomic E-state index is 0.159. The Labute approximate surface area is 97.6 Å². The number of carbonyl (C=O) groups is 1. The van der Waals surface area contributed by atoms with E-state index in [0.717, 1.165) is 19.0 Å². The highest BCUT2D eigenvalue weighted by molar-refractivity contribution is 5.76. The number of amides is 2. The average molecular weight is 222 g/mol. The number of rotatable bonds is 1. The van der Waals surface area contributed by atoms with Crippen LogP contribution >= 0.6 is 0 Å². The first-order valence-electron chi connectivity index (χ1n) is 6.50. The monoisotopic (exact) mass is 222 g/mol. The maximum atomic E-state index is 11.9. The summed E-state index contributed by atoms with van der Waals surface area (Å²) in [7, 11) is 0. The molecule has 1 heterocycles. The van der Waals surface area contributed by atoms with Gasteiger partial charge in [-0.25, -0.2) is 4.79 Å². The van der Waals surface area contributed by atoms with E-state index in [2.05, 4.69) is 31.0 Å². The zero-order chi connectivity index (χ0) is 11.6. The van der Waals surface area contributed by atoms with Gasteiger partial charge in [0.1, 0.15) is 0 Å². The fourth-order valence-corrected chi connectivity index (χ4v) is 4.79. The smallest absolute Gasteiger partial charge is 0.317 e. The Bertz CT molecular complexity index is 334. The van der Waals surface area contributed by atoms with E-state index in [1.165, 1.54) is 19.3 Å². The van der Waals surface area contributed by atoms with Crippen LogP contribution in [-0.2, 0) is 0 Å². The van der Waals surface area contributed by atoms with Crippen LogP contribution in [0.4, 0.5) is 4.79 Å². The second-order valence-electron chi connectivity index (χ2n) is 6.74. The van der Waals surface area contributed by atoms with E-state index in [1.807, 2.05) is 0 Å². The van der Waals surface area contributed by atoms with Gasteiger partial charge in [0, 0.05) is 19.1 Å². The largest absolute Gasteiger partial charge is 0.336 e. The Morgan fingerprint density at radius 1 is 1.38 bits per heavy atom. The molecule has 0 radical (unpaired) electrons. The predicted octanol–water partition coefficient (Wildman–Crippen LogP) is 2.23. The second-order valence-corrected chi connectivity index (χ2v) is 6.74. The molecule has 3 fully saturated rings. The van der Waals surface area contributed by atoms with Crippen molar-refractivity contribution in [2.24, 2.45) is 16.7 Å². The topological polar surface area (TPSA) is 32.3 Å². The number of hydrogen-bond acceptors (Lipinski definition) is 1. The maximum Gasteiger partial charge on any atom is 0.317 e. The molecule has 3 heteroatoms. The van der Waals surface area contributed by atoms with Crippen LogP contribution in [0.2, 0.25) is 0 Å². The predicted molar refractivity (Wildman–Crippen MR) is 63.1 cm³/mol. The van der Waals surface area contributed by atoms with Crippen molar-refractivity contribution < 1.29 is 4.79 Å². The first-order chi connectivity index (χ1) is 7.45. The molecule has 90 valence electrons. The van der Waals surface area contributed by atoms with Crippen LogP contribution in [0.5, 0.6) is 0 Å². The fraction of sp³-hybridized carbons (Fsp3) is 0.923. The number of urea groups is 1. The minimum absolute atomic E-state index is 0.159. The van der Waals surface area contributed by atoms with E-state index < -0.39 is 0 Å². The van der Waals surface area contributed by atoms with E-state index >= 15 is 0 Å². The van der Waals surface area contributed by atoms with Crippen molar-refractivity contribution in [2.75, 3.05) is 13.1 Å². The van der Waals surface area contributed by atoms with Gasteiger partial charge in [0.15, 0.2) is 0 Å². The summed E-state index contributed by atoms with van der Waals surface area (Å²) in [5, 5.41) is 2.95. The molecule has 1 saturated heterocycles. The van der Waals surface area contributed by atoms with Crippen LogP contribution in [0.15, 0.2) is 0 Å². The van der Waals surface area contributed by atoms with Gasteiger partial charge in [0.05, 0.1) is 0 Å². The van der Waals surface area contributed by atoms with Gasteiger partial charge >= 0.3 is 6.03 Å². The van der Waals surface area contributed by atoms with Crippen molar-refractivity contribution >= 4 is 6.03 Å². The number of hydrogen-bond donors (Lipinski definition) is 1. The van der Waals surface area contributed by atoms with Gasteiger partial charge in [0.25, 0.3) is 0 Å². The van der Waals surface area contributed by atoms with Crippen molar-refractivity contribution in [2.45, 2.75) is 46.1 Å². The molecule has 3 aliphatic rings. The molecule has 2 aliphatic carbocycles. The first kappa shape index (κ1) is 10.4. The standard InChI is InChI=1S/C13H22N2O/c1-12(2)9-4-5-13(3,8-9)10(12)15-7-6-14-11(15)16/h9-10H,4-8H2,1-3H3,(H,14,16). The third kappa shape index (κ3) is 1.12. The molecule has 3 rings (SSSR count). The molecular weight excluding hydrogens is 200 g/mol. The third-order valence-corrected chi connectivity index (χ3v) is 5.40. The van der Waals surface area contributed by atoms with E-state index in [-0.39, 0.29) is 6.03 Å². The quantitative estimate of drug-likeness (QED) is 0.725. The Morgan fingerprint density at radius 3 is 2.62 bits per heavy atom. The Balaban J connectivity index is 1.96. The van der Waals surface area contributed by atoms with Crippen LogP contribution in [-0.4, -0.2) is 30.1 Å². The van der Waals surface area contributed by atoms with E-state index in [9.17, 15) is 4.79 Å². The summed E-state index contributed by atoms with van der Waals surface area (Å²) in [6.45, 7) is 8.83. The lowest BCUT2D eigenvalue weighted by molar-refractivity contribution is 0.0378. The fourth-order valence-electron chi connectivity index (χ4n) is 4.79. The number of nitrogens with zero attached hydrogens (tertiary/aromatic N) is 1. The Morgan fingerprint density at radius 2 is 2.12 bits per heavy atom. The molecule has 3 unspecified atom stereocenters. The molecule has 2 bridgehead atoms. The van der Waals surface area contributed by atoms with Crippen LogP contribution in [0.3, 0.4) is 0 Å². The SMILES string of the molecule is CC12CCC(C1)C(C)(C)C2N1CCNC1=O. The molecule has 0 aromatic carbocycles. The van der Waals surface area contributed by atoms with Gasteiger partial charge in [-0.15, -0.1) is 0 Å². The minimum Gasteiger partial charge on any atom is -0.336 e. The Kier molecular flexibility index (Phi) is 1.91. The van der Waals surface area contributed by atoms with Crippen molar-refractivity contribution in [3.63, 3.8) is 0 Å². The van der Waals surface area contributed by atoms with Crippen molar-refractivity contribution in [1.82, 2.24) is 10.2 Å². The van der Waals surface area contributed by atoms with Gasteiger partial charge in [-0.05, 0) is 36.0 Å². The van der Waals surface area contributed by atoms with Crippen LogP contribution in [0.25, 0.3) is 0 Å². The lowest BCUT2D eigenvalue weighted by Gasteiger charge is -2.47. The molecule has 16 heavy (non-hydrogen) atoms. The highest BCUT2D eigenvalue weighted by atomic mass is 16.2. The summed E-state index contributed by atoms with van der Waals surface area (Å²) in [5.41, 5.74) is 0.671. The van der Waals surface area contributed by atoms with Crippen LogP contribution < -0.4 is 5.32 Å². The maximum absolute atomic E-state index is 11.9. The molecule has 1 aliphatic heterocycles. The van der Waals surface area contributed by atoms with Gasteiger partial charge in [-0.3, -0.25) is 0 Å². The summed E-state index contributed by atoms with van der Waals surface area (Å²) in [5.74, 6) is 0.816. The number of fused-ring (bicyclic) bond motifs is 2. The Hall–Kier alpha value is -0.730. The normalized spacial score (nSPS) is 45.2. The molecular formula is C13H22N2O. The van der Waals surface area contributed by atoms with Crippen LogP contribution in [0.1, 0.15) is 40.0 Å². The highest BCUT2D eigenvalue weighted by Crippen LogP contribution is 2.64. The molecule has 0 aromatic rings. The van der Waals surface area contributed by atoms with E-state index in [0.29, 0.717) is 16.9 Å². The number of nitrogens with one attached hydrogen (secondary N) is 1. The molecule has 0 spiro atoms. The summed E-state index contributed by atoms with van der Waals surface area (Å²) in [6.07, 6.45) is 3.97. The lowest BCUT2D eigenvalue weighted by Crippen LogP contribution is -2.53. The van der Waals surface area contributed by atoms with E-state index in [4.69, 9.17) is 0 Å². The summed E-state index contributed by atoms with van der Waals surface area (Å²) in [6, 6.07) is 0.605. The third-order valence-electron chi connectivity index (χ3n) is 5.40. The van der Waals surface area contributed by atoms with Gasteiger partial charge in [0.2, 0.25) is 0 Å². The molecule has 0 aromatic heterocycles. The molecule has 1 N–H and O–H groups in total. The van der Waals surface area contributed by atoms with Gasteiger partial charge in [-0.2, -0.15) is 0 Å². The molecule has 3 nitrogen and oxygen atoms in total. The van der Waals surface area contributed by atoms with Crippen molar-refractivity contribution in [1.29, 1.82) is 0 Å². The van der Waals surface area contributed by atoms with Crippen molar-refractivity contribution in [3.8, 4) is 0 Å². The summed E-state index contributed by atoms with van der Waals surface area (Å²) >= 11 is 0. The molecule has 2 saturated carbocycles. The first-order valence-corrected chi connectivity index (χ1v) is 6.50. The lowest BCUT2D eigenvalue weighted by atomic mass is 9.68. The molecule has 2 amide bonds. The van der Waals surface area contributed by atoms with E-state index in [1.54, 1.807) is 0 Å². The average Bonchev–Trinajstić information content (AvgIpc) is 2.78. The van der Waals surface area contributed by atoms with Gasteiger partial charge in [-0.1, -0.05) is 20.8 Å². The summed E-state index contributed by atoms with van der Waals surface area (Å²) in [4.78, 5) is 14.0.